The Labute approximate surface area is 143 Å². The Morgan fingerprint density at radius 3 is 2.35 bits per heavy atom. The number of benzene rings is 2. The average Bonchev–Trinajstić information content (AvgIpc) is 2.52. The molecule has 0 N–H and O–H groups in total. The Morgan fingerprint density at radius 1 is 1.13 bits per heavy atom. The van der Waals surface area contributed by atoms with Crippen LogP contribution < -0.4 is 4.74 Å². The van der Waals surface area contributed by atoms with E-state index >= 15 is 0 Å². The molecule has 7 heteroatoms. The Balaban J connectivity index is 2.34. The first-order chi connectivity index (χ1) is 10.8. The summed E-state index contributed by atoms with van der Waals surface area (Å²) in [5, 5.41) is 0.534. The number of hydrogen-bond donors (Lipinski definition) is 0. The molecule has 0 amide bonds. The minimum atomic E-state index is -3.86. The fourth-order valence-corrected chi connectivity index (χ4v) is 2.78. The lowest BCUT2D eigenvalue weighted by Gasteiger charge is -2.06. The lowest BCUT2D eigenvalue weighted by Crippen LogP contribution is -1.96. The standard InChI is InChI=1S/C16H12Cl2O4S/c1-22-16-9-7-14(23(18,20)21)10-12(16)4-8-15(19)11-2-5-13(17)6-3-11/h2-10H,1H3. The monoisotopic (exact) mass is 370 g/mol. The number of halogens is 2. The molecule has 23 heavy (non-hydrogen) atoms. The summed E-state index contributed by atoms with van der Waals surface area (Å²) in [7, 11) is 2.91. The third-order valence-electron chi connectivity index (χ3n) is 3.03. The van der Waals surface area contributed by atoms with Gasteiger partial charge in [0.1, 0.15) is 5.75 Å². The Hall–Kier alpha value is -1.82. The van der Waals surface area contributed by atoms with Crippen molar-refractivity contribution >= 4 is 43.2 Å². The van der Waals surface area contributed by atoms with E-state index in [9.17, 15) is 13.2 Å². The first kappa shape index (κ1) is 17.5. The van der Waals surface area contributed by atoms with Gasteiger partial charge < -0.3 is 4.74 Å². The number of rotatable bonds is 5. The Bertz CT molecular complexity index is 856. The number of methoxy groups -OCH3 is 1. The molecule has 4 nitrogen and oxygen atoms in total. The van der Waals surface area contributed by atoms with Crippen molar-refractivity contribution in [2.75, 3.05) is 7.11 Å². The lowest BCUT2D eigenvalue weighted by atomic mass is 10.1. The minimum absolute atomic E-state index is 0.0708. The molecule has 0 bridgehead atoms. The van der Waals surface area contributed by atoms with Crippen LogP contribution >= 0.6 is 22.3 Å². The molecular weight excluding hydrogens is 359 g/mol. The van der Waals surface area contributed by atoms with Gasteiger partial charge in [0, 0.05) is 26.8 Å². The molecule has 0 saturated carbocycles. The van der Waals surface area contributed by atoms with E-state index in [0.717, 1.165) is 0 Å². The van der Waals surface area contributed by atoms with Gasteiger partial charge in [0.25, 0.3) is 9.05 Å². The molecule has 0 unspecified atom stereocenters. The van der Waals surface area contributed by atoms with E-state index in [0.29, 0.717) is 21.9 Å². The summed E-state index contributed by atoms with van der Waals surface area (Å²) in [5.41, 5.74) is 0.891. The van der Waals surface area contributed by atoms with Crippen LogP contribution in [-0.4, -0.2) is 21.3 Å². The van der Waals surface area contributed by atoms with Crippen LogP contribution in [0.4, 0.5) is 0 Å². The highest BCUT2D eigenvalue weighted by Crippen LogP contribution is 2.25. The predicted molar refractivity (Wildman–Crippen MR) is 90.8 cm³/mol. The van der Waals surface area contributed by atoms with E-state index in [1.54, 1.807) is 24.3 Å². The van der Waals surface area contributed by atoms with E-state index in [1.165, 1.54) is 37.5 Å². The summed E-state index contributed by atoms with van der Waals surface area (Å²) < 4.78 is 27.9. The van der Waals surface area contributed by atoms with Crippen molar-refractivity contribution in [2.45, 2.75) is 4.90 Å². The van der Waals surface area contributed by atoms with Gasteiger partial charge in [-0.3, -0.25) is 4.79 Å². The molecule has 0 aliphatic carbocycles. The highest BCUT2D eigenvalue weighted by molar-refractivity contribution is 8.13. The molecule has 0 heterocycles. The quantitative estimate of drug-likeness (QED) is 0.450. The average molecular weight is 371 g/mol. The Morgan fingerprint density at radius 2 is 1.78 bits per heavy atom. The largest absolute Gasteiger partial charge is 0.496 e. The fraction of sp³-hybridized carbons (Fsp3) is 0.0625. The SMILES string of the molecule is COc1ccc(S(=O)(=O)Cl)cc1C=CC(=O)c1ccc(Cl)cc1. The van der Waals surface area contributed by atoms with Crippen LogP contribution in [-0.2, 0) is 9.05 Å². The second-order valence-electron chi connectivity index (χ2n) is 4.55. The van der Waals surface area contributed by atoms with Crippen molar-refractivity contribution in [2.24, 2.45) is 0 Å². The zero-order chi connectivity index (χ0) is 17.0. The van der Waals surface area contributed by atoms with Gasteiger partial charge in [0.05, 0.1) is 12.0 Å². The van der Waals surface area contributed by atoms with Crippen molar-refractivity contribution in [1.29, 1.82) is 0 Å². The van der Waals surface area contributed by atoms with Gasteiger partial charge in [-0.15, -0.1) is 0 Å². The van der Waals surface area contributed by atoms with Gasteiger partial charge in [0.15, 0.2) is 5.78 Å². The molecule has 120 valence electrons. The van der Waals surface area contributed by atoms with E-state index in [4.69, 9.17) is 27.0 Å². The number of carbonyl (C=O) groups is 1. The zero-order valence-electron chi connectivity index (χ0n) is 12.0. The zero-order valence-corrected chi connectivity index (χ0v) is 14.3. The maximum Gasteiger partial charge on any atom is 0.261 e. The smallest absolute Gasteiger partial charge is 0.261 e. The van der Waals surface area contributed by atoms with Crippen molar-refractivity contribution < 1.29 is 17.9 Å². The maximum absolute atomic E-state index is 12.1. The summed E-state index contributed by atoms with van der Waals surface area (Å²) in [6.07, 6.45) is 2.80. The summed E-state index contributed by atoms with van der Waals surface area (Å²) in [6, 6.07) is 10.6. The maximum atomic E-state index is 12.1. The summed E-state index contributed by atoms with van der Waals surface area (Å²) in [5.74, 6) is 0.178. The van der Waals surface area contributed by atoms with Crippen LogP contribution in [0.3, 0.4) is 0 Å². The Kier molecular flexibility index (Phi) is 5.46. The lowest BCUT2D eigenvalue weighted by molar-refractivity contribution is 0.104. The van der Waals surface area contributed by atoms with Crippen LogP contribution in [0.25, 0.3) is 6.08 Å². The van der Waals surface area contributed by atoms with E-state index in [2.05, 4.69) is 0 Å². The predicted octanol–water partition coefficient (Wildman–Crippen LogP) is 4.17. The molecule has 0 aromatic heterocycles. The molecule has 0 radical (unpaired) electrons. The molecule has 0 aliphatic heterocycles. The summed E-state index contributed by atoms with van der Waals surface area (Å²) in [4.78, 5) is 12.0. The third kappa shape index (κ3) is 4.58. The van der Waals surface area contributed by atoms with Crippen molar-refractivity contribution in [3.8, 4) is 5.75 Å². The number of ether oxygens (including phenoxy) is 1. The second kappa shape index (κ2) is 7.17. The van der Waals surface area contributed by atoms with E-state index < -0.39 is 9.05 Å². The fourth-order valence-electron chi connectivity index (χ4n) is 1.87. The topological polar surface area (TPSA) is 60.4 Å². The van der Waals surface area contributed by atoms with Crippen molar-refractivity contribution in [3.63, 3.8) is 0 Å². The number of hydrogen-bond acceptors (Lipinski definition) is 4. The van der Waals surface area contributed by atoms with E-state index in [-0.39, 0.29) is 10.7 Å². The van der Waals surface area contributed by atoms with Gasteiger partial charge >= 0.3 is 0 Å². The van der Waals surface area contributed by atoms with Gasteiger partial charge in [-0.2, -0.15) is 0 Å². The van der Waals surface area contributed by atoms with Gasteiger partial charge in [0.2, 0.25) is 0 Å². The molecule has 0 spiro atoms. The van der Waals surface area contributed by atoms with Gasteiger partial charge in [-0.1, -0.05) is 11.6 Å². The van der Waals surface area contributed by atoms with Crippen molar-refractivity contribution in [1.82, 2.24) is 0 Å². The normalized spacial score (nSPS) is 11.6. The minimum Gasteiger partial charge on any atom is -0.496 e. The molecule has 2 aromatic carbocycles. The number of carbonyl (C=O) groups excluding carboxylic acids is 1. The molecular formula is C16H12Cl2O4S. The summed E-state index contributed by atoms with van der Waals surface area (Å²) >= 11 is 5.77. The van der Waals surface area contributed by atoms with Gasteiger partial charge in [-0.25, -0.2) is 8.42 Å². The number of ketones is 1. The first-order valence-corrected chi connectivity index (χ1v) is 9.10. The van der Waals surface area contributed by atoms with Gasteiger partial charge in [-0.05, 0) is 54.6 Å². The van der Waals surface area contributed by atoms with Crippen LogP contribution in [0.5, 0.6) is 5.75 Å². The molecule has 2 aromatic rings. The highest BCUT2D eigenvalue weighted by atomic mass is 35.7. The molecule has 0 aliphatic rings. The molecule has 0 saturated heterocycles. The van der Waals surface area contributed by atoms with E-state index in [1.807, 2.05) is 0 Å². The molecule has 0 fully saturated rings. The van der Waals surface area contributed by atoms with Crippen LogP contribution in [0.2, 0.25) is 5.02 Å². The third-order valence-corrected chi connectivity index (χ3v) is 4.63. The van der Waals surface area contributed by atoms with Crippen molar-refractivity contribution in [3.05, 3.63) is 64.7 Å². The second-order valence-corrected chi connectivity index (χ2v) is 7.55. The molecule has 0 atom stereocenters. The van der Waals surface area contributed by atoms with Crippen LogP contribution in [0.15, 0.2) is 53.4 Å². The highest BCUT2D eigenvalue weighted by Gasteiger charge is 2.12. The van der Waals surface area contributed by atoms with Crippen LogP contribution in [0, 0.1) is 0 Å². The van der Waals surface area contributed by atoms with Crippen LogP contribution in [0.1, 0.15) is 15.9 Å². The number of allylic oxidation sites excluding steroid dienone is 1. The first-order valence-electron chi connectivity index (χ1n) is 6.42. The summed E-state index contributed by atoms with van der Waals surface area (Å²) in [6.45, 7) is 0. The molecule has 2 rings (SSSR count).